The van der Waals surface area contributed by atoms with Crippen LogP contribution in [0.25, 0.3) is 0 Å². The van der Waals surface area contributed by atoms with E-state index in [2.05, 4.69) is 0 Å². The molecule has 0 heterocycles. The molecule has 2 aromatic rings. The molecule has 102 valence electrons. The lowest BCUT2D eigenvalue weighted by atomic mass is 9.75. The van der Waals surface area contributed by atoms with Crippen LogP contribution in [0, 0.1) is 0 Å². The van der Waals surface area contributed by atoms with E-state index in [9.17, 15) is 0 Å². The molecule has 0 saturated heterocycles. The first-order valence-electron chi connectivity index (χ1n) is 6.97. The van der Waals surface area contributed by atoms with Gasteiger partial charge in [0.2, 0.25) is 0 Å². The van der Waals surface area contributed by atoms with E-state index in [0.29, 0.717) is 13.2 Å². The molecule has 0 atom stereocenters. The lowest BCUT2D eigenvalue weighted by molar-refractivity contribution is 0.332. The summed E-state index contributed by atoms with van der Waals surface area (Å²) in [7, 11) is 6.42. The predicted octanol–water partition coefficient (Wildman–Crippen LogP) is 3.74. The van der Waals surface area contributed by atoms with Gasteiger partial charge in [0.25, 0.3) is 0 Å². The van der Waals surface area contributed by atoms with Crippen molar-refractivity contribution in [2.45, 2.75) is 19.7 Å². The van der Waals surface area contributed by atoms with E-state index in [1.165, 1.54) is 0 Å². The zero-order valence-corrected chi connectivity index (χ0v) is 12.0. The molecule has 0 unspecified atom stereocenters. The monoisotopic (exact) mass is 266 g/mol. The molecule has 0 spiro atoms. The van der Waals surface area contributed by atoms with Gasteiger partial charge < -0.3 is 9.47 Å². The average Bonchev–Trinajstić information content (AvgIpc) is 2.48. The van der Waals surface area contributed by atoms with Crippen molar-refractivity contribution in [1.82, 2.24) is 0 Å². The Kier molecular flexibility index (Phi) is 5.11. The highest BCUT2D eigenvalue weighted by atomic mass is 16.5. The van der Waals surface area contributed by atoms with Crippen LogP contribution >= 0.6 is 0 Å². The molecule has 2 rings (SSSR count). The Balaban J connectivity index is 2.38. The molecular formula is C17H19BO2. The predicted molar refractivity (Wildman–Crippen MR) is 82.8 cm³/mol. The van der Waals surface area contributed by atoms with Crippen LogP contribution in [-0.4, -0.2) is 21.1 Å². The fourth-order valence-corrected chi connectivity index (χ4v) is 2.22. The number of benzene rings is 2. The third-order valence-electron chi connectivity index (χ3n) is 3.11. The number of hydrogen-bond donors (Lipinski definition) is 0. The van der Waals surface area contributed by atoms with Crippen LogP contribution in [0.4, 0.5) is 0 Å². The molecule has 0 aromatic heterocycles. The summed E-state index contributed by atoms with van der Waals surface area (Å²) in [6.07, 6.45) is 0. The maximum atomic E-state index is 6.42. The summed E-state index contributed by atoms with van der Waals surface area (Å²) < 4.78 is 11.3. The molecule has 2 radical (unpaired) electrons. The molecule has 0 aliphatic carbocycles. The first kappa shape index (κ1) is 14.5. The maximum absolute atomic E-state index is 6.42. The van der Waals surface area contributed by atoms with Crippen molar-refractivity contribution in [2.75, 3.05) is 13.2 Å². The first-order chi connectivity index (χ1) is 9.77. The minimum atomic E-state index is -0.263. The van der Waals surface area contributed by atoms with Gasteiger partial charge in [-0.2, -0.15) is 0 Å². The Bertz CT molecular complexity index is 505. The van der Waals surface area contributed by atoms with E-state index in [1.54, 1.807) is 0 Å². The molecule has 0 amide bonds. The second kappa shape index (κ2) is 7.04. The van der Waals surface area contributed by atoms with E-state index in [1.807, 2.05) is 62.4 Å². The van der Waals surface area contributed by atoms with Gasteiger partial charge in [0.1, 0.15) is 11.5 Å². The molecule has 0 bridgehead atoms. The van der Waals surface area contributed by atoms with Crippen LogP contribution in [-0.2, 0) is 0 Å². The van der Waals surface area contributed by atoms with Crippen LogP contribution in [0.15, 0.2) is 48.5 Å². The molecule has 2 aromatic carbocycles. The minimum Gasteiger partial charge on any atom is -0.494 e. The SMILES string of the molecule is [B]C(c1ccccc1OCC)c1ccccc1OCC. The number of rotatable bonds is 6. The van der Waals surface area contributed by atoms with Gasteiger partial charge in [0.05, 0.1) is 21.1 Å². The summed E-state index contributed by atoms with van der Waals surface area (Å²) in [6, 6.07) is 15.7. The zero-order chi connectivity index (χ0) is 14.4. The Morgan fingerprint density at radius 2 is 1.20 bits per heavy atom. The fraction of sp³-hybridized carbons (Fsp3) is 0.294. The molecule has 0 aliphatic rings. The van der Waals surface area contributed by atoms with Gasteiger partial charge in [-0.15, -0.1) is 0 Å². The van der Waals surface area contributed by atoms with Crippen LogP contribution in [0.5, 0.6) is 11.5 Å². The van der Waals surface area contributed by atoms with Gasteiger partial charge in [-0.1, -0.05) is 36.4 Å². The van der Waals surface area contributed by atoms with E-state index in [0.717, 1.165) is 22.6 Å². The van der Waals surface area contributed by atoms with Gasteiger partial charge in [-0.05, 0) is 42.9 Å². The van der Waals surface area contributed by atoms with E-state index < -0.39 is 0 Å². The Hall–Kier alpha value is -1.90. The van der Waals surface area contributed by atoms with E-state index >= 15 is 0 Å². The Morgan fingerprint density at radius 3 is 1.60 bits per heavy atom. The summed E-state index contributed by atoms with van der Waals surface area (Å²) in [5.74, 6) is 1.39. The van der Waals surface area contributed by atoms with Gasteiger partial charge in [-0.3, -0.25) is 0 Å². The Morgan fingerprint density at radius 1 is 0.800 bits per heavy atom. The molecule has 2 nitrogen and oxygen atoms in total. The Labute approximate surface area is 122 Å². The highest BCUT2D eigenvalue weighted by Gasteiger charge is 2.16. The quantitative estimate of drug-likeness (QED) is 0.741. The van der Waals surface area contributed by atoms with Crippen molar-refractivity contribution >= 4 is 7.85 Å². The van der Waals surface area contributed by atoms with Crippen molar-refractivity contribution in [3.05, 3.63) is 59.7 Å². The second-order valence-electron chi connectivity index (χ2n) is 4.42. The largest absolute Gasteiger partial charge is 0.494 e. The molecule has 0 saturated carbocycles. The lowest BCUT2D eigenvalue weighted by Gasteiger charge is -2.20. The molecule has 0 aliphatic heterocycles. The summed E-state index contributed by atoms with van der Waals surface area (Å²) >= 11 is 0. The third kappa shape index (κ3) is 3.16. The molecule has 20 heavy (non-hydrogen) atoms. The van der Waals surface area contributed by atoms with E-state index in [4.69, 9.17) is 17.3 Å². The smallest absolute Gasteiger partial charge is 0.122 e. The van der Waals surface area contributed by atoms with Crippen molar-refractivity contribution < 1.29 is 9.47 Å². The highest BCUT2D eigenvalue weighted by molar-refractivity contribution is 6.15. The molecule has 0 fully saturated rings. The fourth-order valence-electron chi connectivity index (χ4n) is 2.22. The molecule has 0 N–H and O–H groups in total. The summed E-state index contributed by atoms with van der Waals surface area (Å²) in [4.78, 5) is 0. The zero-order valence-electron chi connectivity index (χ0n) is 12.0. The number of hydrogen-bond acceptors (Lipinski definition) is 2. The van der Waals surface area contributed by atoms with Gasteiger partial charge in [0.15, 0.2) is 0 Å². The number of para-hydroxylation sites is 2. The maximum Gasteiger partial charge on any atom is 0.122 e. The summed E-state index contributed by atoms with van der Waals surface area (Å²) in [5, 5.41) is 0. The lowest BCUT2D eigenvalue weighted by Crippen LogP contribution is -2.07. The van der Waals surface area contributed by atoms with Crippen molar-refractivity contribution in [3.8, 4) is 11.5 Å². The average molecular weight is 266 g/mol. The third-order valence-corrected chi connectivity index (χ3v) is 3.11. The van der Waals surface area contributed by atoms with Crippen LogP contribution in [0.1, 0.15) is 30.8 Å². The minimum absolute atomic E-state index is 0.263. The highest BCUT2D eigenvalue weighted by Crippen LogP contribution is 2.34. The number of ether oxygens (including phenoxy) is 2. The second-order valence-corrected chi connectivity index (χ2v) is 4.42. The van der Waals surface area contributed by atoms with Crippen LogP contribution < -0.4 is 9.47 Å². The van der Waals surface area contributed by atoms with Crippen molar-refractivity contribution in [3.63, 3.8) is 0 Å². The van der Waals surface area contributed by atoms with Gasteiger partial charge >= 0.3 is 0 Å². The van der Waals surface area contributed by atoms with Crippen molar-refractivity contribution in [1.29, 1.82) is 0 Å². The normalized spacial score (nSPS) is 10.6. The van der Waals surface area contributed by atoms with E-state index in [-0.39, 0.29) is 5.82 Å². The standard InChI is InChI=1S/C17H19BO2/c1-3-19-15-11-7-5-9-13(15)17(18)14-10-6-8-12-16(14)20-4-2/h5-12,17H,3-4H2,1-2H3. The molecular weight excluding hydrogens is 247 g/mol. The molecule has 3 heteroatoms. The van der Waals surface area contributed by atoms with Crippen molar-refractivity contribution in [2.24, 2.45) is 0 Å². The first-order valence-corrected chi connectivity index (χ1v) is 6.97. The topological polar surface area (TPSA) is 18.5 Å². The van der Waals surface area contributed by atoms with Gasteiger partial charge in [-0.25, -0.2) is 0 Å². The summed E-state index contributed by atoms with van der Waals surface area (Å²) in [5.41, 5.74) is 1.95. The van der Waals surface area contributed by atoms with Crippen LogP contribution in [0.2, 0.25) is 0 Å². The summed E-state index contributed by atoms with van der Waals surface area (Å²) in [6.45, 7) is 5.18. The van der Waals surface area contributed by atoms with Gasteiger partial charge in [0, 0.05) is 0 Å². The van der Waals surface area contributed by atoms with Crippen LogP contribution in [0.3, 0.4) is 0 Å².